The number of rotatable bonds is 4. The zero-order valence-corrected chi connectivity index (χ0v) is 13.7. The number of carboxylic acid groups (broad SMARTS) is 1. The summed E-state index contributed by atoms with van der Waals surface area (Å²) in [6.07, 6.45) is 1.61. The summed E-state index contributed by atoms with van der Waals surface area (Å²) in [7, 11) is 0. The van der Waals surface area contributed by atoms with E-state index in [4.69, 9.17) is 9.84 Å². The third kappa shape index (κ3) is 5.91. The van der Waals surface area contributed by atoms with Crippen LogP contribution in [0.3, 0.4) is 0 Å². The van der Waals surface area contributed by atoms with E-state index in [-0.39, 0.29) is 18.1 Å². The van der Waals surface area contributed by atoms with Gasteiger partial charge in [0.1, 0.15) is 11.6 Å². The fraction of sp³-hybridized carbons (Fsp3) is 0.867. The van der Waals surface area contributed by atoms with Crippen molar-refractivity contribution in [1.82, 2.24) is 10.2 Å². The van der Waals surface area contributed by atoms with Gasteiger partial charge in [-0.2, -0.15) is 0 Å². The third-order valence-electron chi connectivity index (χ3n) is 3.70. The summed E-state index contributed by atoms with van der Waals surface area (Å²) in [5.74, 6) is -0.616. The van der Waals surface area contributed by atoms with Crippen LogP contribution in [0.15, 0.2) is 0 Å². The van der Waals surface area contributed by atoms with Crippen molar-refractivity contribution >= 4 is 12.1 Å². The summed E-state index contributed by atoms with van der Waals surface area (Å²) in [5, 5.41) is 12.0. The SMILES string of the molecule is CC(NC(C)C1CCCN(C(=O)OC(C)(C)C)C1)C(=O)O. The van der Waals surface area contributed by atoms with Crippen LogP contribution in [-0.4, -0.2) is 52.8 Å². The zero-order valence-electron chi connectivity index (χ0n) is 13.7. The zero-order chi connectivity index (χ0) is 16.2. The van der Waals surface area contributed by atoms with Gasteiger partial charge in [0.2, 0.25) is 0 Å². The molecule has 1 saturated heterocycles. The van der Waals surface area contributed by atoms with Gasteiger partial charge in [-0.3, -0.25) is 4.79 Å². The monoisotopic (exact) mass is 300 g/mol. The first-order chi connectivity index (χ1) is 9.60. The molecular formula is C15H28N2O4. The number of amides is 1. The molecule has 1 amide bonds. The number of aliphatic carboxylic acids is 1. The summed E-state index contributed by atoms with van der Waals surface area (Å²) < 4.78 is 5.40. The van der Waals surface area contributed by atoms with Gasteiger partial charge in [0, 0.05) is 19.1 Å². The van der Waals surface area contributed by atoms with E-state index < -0.39 is 17.6 Å². The Hall–Kier alpha value is -1.30. The van der Waals surface area contributed by atoms with Crippen LogP contribution in [0.2, 0.25) is 0 Å². The van der Waals surface area contributed by atoms with Gasteiger partial charge < -0.3 is 20.1 Å². The predicted molar refractivity (Wildman–Crippen MR) is 80.2 cm³/mol. The highest BCUT2D eigenvalue weighted by Gasteiger charge is 2.31. The first-order valence-electron chi connectivity index (χ1n) is 7.57. The van der Waals surface area contributed by atoms with Gasteiger partial charge in [0.25, 0.3) is 0 Å². The molecular weight excluding hydrogens is 272 g/mol. The minimum atomic E-state index is -0.860. The number of hydrogen-bond donors (Lipinski definition) is 2. The lowest BCUT2D eigenvalue weighted by atomic mass is 9.91. The van der Waals surface area contributed by atoms with Crippen LogP contribution in [0, 0.1) is 5.92 Å². The summed E-state index contributed by atoms with van der Waals surface area (Å²) in [6, 6.07) is -0.543. The number of hydrogen-bond acceptors (Lipinski definition) is 4. The van der Waals surface area contributed by atoms with Crippen molar-refractivity contribution in [2.24, 2.45) is 5.92 Å². The minimum absolute atomic E-state index is 0.0429. The molecule has 6 nitrogen and oxygen atoms in total. The van der Waals surface area contributed by atoms with Crippen molar-refractivity contribution in [3.05, 3.63) is 0 Å². The van der Waals surface area contributed by atoms with E-state index in [1.807, 2.05) is 27.7 Å². The molecule has 0 spiro atoms. The third-order valence-corrected chi connectivity index (χ3v) is 3.70. The highest BCUT2D eigenvalue weighted by atomic mass is 16.6. The van der Waals surface area contributed by atoms with Gasteiger partial charge in [-0.15, -0.1) is 0 Å². The largest absolute Gasteiger partial charge is 0.480 e. The van der Waals surface area contributed by atoms with Gasteiger partial charge >= 0.3 is 12.1 Å². The van der Waals surface area contributed by atoms with Crippen LogP contribution in [0.1, 0.15) is 47.5 Å². The van der Waals surface area contributed by atoms with E-state index in [0.717, 1.165) is 12.8 Å². The number of carbonyl (C=O) groups excluding carboxylic acids is 1. The molecule has 122 valence electrons. The van der Waals surface area contributed by atoms with Crippen molar-refractivity contribution in [3.63, 3.8) is 0 Å². The Labute approximate surface area is 126 Å². The molecule has 3 unspecified atom stereocenters. The maximum Gasteiger partial charge on any atom is 0.410 e. The molecule has 1 fully saturated rings. The molecule has 0 radical (unpaired) electrons. The number of ether oxygens (including phenoxy) is 1. The predicted octanol–water partition coefficient (Wildman–Crippen LogP) is 2.08. The molecule has 2 N–H and O–H groups in total. The highest BCUT2D eigenvalue weighted by molar-refractivity contribution is 5.72. The Balaban J connectivity index is 2.55. The standard InChI is InChI=1S/C15H28N2O4/c1-10(16-11(2)13(18)19)12-7-6-8-17(9-12)14(20)21-15(3,4)5/h10-12,16H,6-9H2,1-5H3,(H,18,19). The Morgan fingerprint density at radius 3 is 2.48 bits per heavy atom. The Kier molecular flexibility index (Phi) is 6.01. The smallest absolute Gasteiger partial charge is 0.410 e. The van der Waals surface area contributed by atoms with Crippen LogP contribution in [0.5, 0.6) is 0 Å². The van der Waals surface area contributed by atoms with Crippen molar-refractivity contribution < 1.29 is 19.4 Å². The fourth-order valence-corrected chi connectivity index (χ4v) is 2.51. The van der Waals surface area contributed by atoms with Crippen LogP contribution in [-0.2, 0) is 9.53 Å². The quantitative estimate of drug-likeness (QED) is 0.831. The molecule has 0 saturated carbocycles. The second-order valence-corrected chi connectivity index (χ2v) is 6.84. The number of carbonyl (C=O) groups is 2. The van der Waals surface area contributed by atoms with Crippen molar-refractivity contribution in [1.29, 1.82) is 0 Å². The topological polar surface area (TPSA) is 78.9 Å². The average Bonchev–Trinajstić information content (AvgIpc) is 2.36. The van der Waals surface area contributed by atoms with E-state index in [1.165, 1.54) is 0 Å². The molecule has 1 heterocycles. The first-order valence-corrected chi connectivity index (χ1v) is 7.57. The number of nitrogens with one attached hydrogen (secondary N) is 1. The molecule has 0 aromatic carbocycles. The number of nitrogens with zero attached hydrogens (tertiary/aromatic N) is 1. The lowest BCUT2D eigenvalue weighted by Crippen LogP contribution is -2.50. The van der Waals surface area contributed by atoms with Crippen LogP contribution in [0.25, 0.3) is 0 Å². The molecule has 1 rings (SSSR count). The molecule has 6 heteroatoms. The normalized spacial score (nSPS) is 22.5. The van der Waals surface area contributed by atoms with Crippen molar-refractivity contribution in [3.8, 4) is 0 Å². The van der Waals surface area contributed by atoms with Crippen molar-refractivity contribution in [2.75, 3.05) is 13.1 Å². The summed E-state index contributed by atoms with van der Waals surface area (Å²) in [5.41, 5.74) is -0.494. The van der Waals surface area contributed by atoms with Crippen molar-refractivity contribution in [2.45, 2.75) is 65.1 Å². The molecule has 0 aliphatic carbocycles. The van der Waals surface area contributed by atoms with E-state index in [2.05, 4.69) is 5.32 Å². The maximum atomic E-state index is 12.1. The minimum Gasteiger partial charge on any atom is -0.480 e. The van der Waals surface area contributed by atoms with Gasteiger partial charge in [0.05, 0.1) is 0 Å². The summed E-state index contributed by atoms with van der Waals surface area (Å²) >= 11 is 0. The molecule has 1 aliphatic heterocycles. The molecule has 3 atom stereocenters. The van der Waals surface area contributed by atoms with Gasteiger partial charge in [-0.05, 0) is 53.4 Å². The Bertz CT molecular complexity index is 378. The van der Waals surface area contributed by atoms with E-state index in [9.17, 15) is 9.59 Å². The average molecular weight is 300 g/mol. The van der Waals surface area contributed by atoms with Gasteiger partial charge in [0.15, 0.2) is 0 Å². The lowest BCUT2D eigenvalue weighted by Gasteiger charge is -2.37. The lowest BCUT2D eigenvalue weighted by molar-refractivity contribution is -0.139. The van der Waals surface area contributed by atoms with E-state index in [0.29, 0.717) is 13.1 Å². The second kappa shape index (κ2) is 7.11. The summed E-state index contributed by atoms with van der Waals surface area (Å²) in [4.78, 5) is 24.7. The summed E-state index contributed by atoms with van der Waals surface area (Å²) in [6.45, 7) is 10.5. The fourth-order valence-electron chi connectivity index (χ4n) is 2.51. The molecule has 0 aromatic heterocycles. The molecule has 21 heavy (non-hydrogen) atoms. The van der Waals surface area contributed by atoms with Crippen LogP contribution in [0.4, 0.5) is 4.79 Å². The number of carboxylic acids is 1. The second-order valence-electron chi connectivity index (χ2n) is 6.84. The van der Waals surface area contributed by atoms with E-state index in [1.54, 1.807) is 11.8 Å². The molecule has 0 aromatic rings. The Morgan fingerprint density at radius 2 is 1.95 bits per heavy atom. The number of piperidine rings is 1. The van der Waals surface area contributed by atoms with Crippen LogP contribution >= 0.6 is 0 Å². The van der Waals surface area contributed by atoms with Gasteiger partial charge in [-0.1, -0.05) is 0 Å². The maximum absolute atomic E-state index is 12.1. The number of likely N-dealkylation sites (tertiary alicyclic amines) is 1. The van der Waals surface area contributed by atoms with Crippen LogP contribution < -0.4 is 5.32 Å². The van der Waals surface area contributed by atoms with Gasteiger partial charge in [-0.25, -0.2) is 4.79 Å². The first kappa shape index (κ1) is 17.8. The highest BCUT2D eigenvalue weighted by Crippen LogP contribution is 2.22. The molecule has 1 aliphatic rings. The molecule has 0 bridgehead atoms. The van der Waals surface area contributed by atoms with E-state index >= 15 is 0 Å². The Morgan fingerprint density at radius 1 is 1.33 bits per heavy atom.